The summed E-state index contributed by atoms with van der Waals surface area (Å²) in [6.07, 6.45) is 6.80. The third-order valence-electron chi connectivity index (χ3n) is 4.08. The van der Waals surface area contributed by atoms with Crippen molar-refractivity contribution >= 4 is 5.91 Å². The van der Waals surface area contributed by atoms with Gasteiger partial charge in [-0.15, -0.1) is 0 Å². The lowest BCUT2D eigenvalue weighted by Crippen LogP contribution is -2.45. The normalized spacial score (nSPS) is 18.5. The SMILES string of the molecule is CCCCN(CCC(NC1CC1)C(N)=O)C(C)CC. The molecule has 0 heterocycles. The van der Waals surface area contributed by atoms with E-state index in [1.54, 1.807) is 0 Å². The maximum Gasteiger partial charge on any atom is 0.234 e. The fourth-order valence-electron chi connectivity index (χ4n) is 2.31. The van der Waals surface area contributed by atoms with Crippen LogP contribution in [0.1, 0.15) is 59.3 Å². The molecule has 1 aliphatic rings. The first-order valence-electron chi connectivity index (χ1n) is 7.87. The zero-order valence-electron chi connectivity index (χ0n) is 12.8. The first kappa shape index (κ1) is 16.4. The molecular formula is C15H31N3O. The molecule has 112 valence electrons. The number of carbonyl (C=O) groups is 1. The first-order valence-corrected chi connectivity index (χ1v) is 7.87. The summed E-state index contributed by atoms with van der Waals surface area (Å²) in [6.45, 7) is 8.79. The second-order valence-corrected chi connectivity index (χ2v) is 5.83. The molecular weight excluding hydrogens is 238 g/mol. The van der Waals surface area contributed by atoms with Crippen LogP contribution in [-0.4, -0.2) is 42.0 Å². The van der Waals surface area contributed by atoms with Gasteiger partial charge in [-0.3, -0.25) is 4.79 Å². The maximum absolute atomic E-state index is 11.5. The molecule has 1 amide bonds. The van der Waals surface area contributed by atoms with Gasteiger partial charge in [0, 0.05) is 18.6 Å². The standard InChI is InChI=1S/C15H31N3O/c1-4-6-10-18(12(3)5-2)11-9-14(15(16)19)17-13-7-8-13/h12-14,17H,4-11H2,1-3H3,(H2,16,19). The highest BCUT2D eigenvalue weighted by Crippen LogP contribution is 2.20. The van der Waals surface area contributed by atoms with Gasteiger partial charge in [-0.25, -0.2) is 0 Å². The Morgan fingerprint density at radius 3 is 2.53 bits per heavy atom. The van der Waals surface area contributed by atoms with Crippen molar-refractivity contribution in [1.82, 2.24) is 10.2 Å². The van der Waals surface area contributed by atoms with E-state index in [0.29, 0.717) is 12.1 Å². The molecule has 2 unspecified atom stereocenters. The highest BCUT2D eigenvalue weighted by atomic mass is 16.1. The lowest BCUT2D eigenvalue weighted by Gasteiger charge is -2.29. The third-order valence-corrected chi connectivity index (χ3v) is 4.08. The van der Waals surface area contributed by atoms with E-state index in [-0.39, 0.29) is 11.9 Å². The van der Waals surface area contributed by atoms with Crippen molar-refractivity contribution in [2.24, 2.45) is 5.73 Å². The van der Waals surface area contributed by atoms with Crippen molar-refractivity contribution in [2.45, 2.75) is 77.4 Å². The molecule has 0 aromatic rings. The minimum absolute atomic E-state index is 0.152. The van der Waals surface area contributed by atoms with Crippen LogP contribution in [0.3, 0.4) is 0 Å². The van der Waals surface area contributed by atoms with E-state index in [0.717, 1.165) is 25.9 Å². The van der Waals surface area contributed by atoms with Crippen molar-refractivity contribution in [1.29, 1.82) is 0 Å². The van der Waals surface area contributed by atoms with Crippen LogP contribution in [0.4, 0.5) is 0 Å². The third kappa shape index (κ3) is 6.39. The molecule has 1 saturated carbocycles. The molecule has 2 atom stereocenters. The quantitative estimate of drug-likeness (QED) is 0.602. The summed E-state index contributed by atoms with van der Waals surface area (Å²) in [5.74, 6) is -0.202. The number of primary amides is 1. The van der Waals surface area contributed by atoms with Crippen molar-refractivity contribution in [3.05, 3.63) is 0 Å². The molecule has 0 aliphatic heterocycles. The van der Waals surface area contributed by atoms with Crippen molar-refractivity contribution < 1.29 is 4.79 Å². The van der Waals surface area contributed by atoms with Crippen LogP contribution in [0.2, 0.25) is 0 Å². The predicted molar refractivity (Wildman–Crippen MR) is 80.0 cm³/mol. The summed E-state index contributed by atoms with van der Waals surface area (Å²) in [5, 5.41) is 3.36. The number of amides is 1. The Bertz CT molecular complexity index is 266. The fourth-order valence-corrected chi connectivity index (χ4v) is 2.31. The number of nitrogens with two attached hydrogens (primary N) is 1. The number of nitrogens with zero attached hydrogens (tertiary/aromatic N) is 1. The van der Waals surface area contributed by atoms with Crippen molar-refractivity contribution in [3.8, 4) is 0 Å². The monoisotopic (exact) mass is 269 g/mol. The van der Waals surface area contributed by atoms with Gasteiger partial charge in [-0.1, -0.05) is 20.3 Å². The molecule has 0 saturated heterocycles. The second kappa shape index (κ2) is 8.54. The summed E-state index contributed by atoms with van der Waals surface area (Å²) in [4.78, 5) is 14.0. The Balaban J connectivity index is 2.39. The number of hydrogen-bond donors (Lipinski definition) is 2. The largest absolute Gasteiger partial charge is 0.368 e. The molecule has 4 nitrogen and oxygen atoms in total. The minimum atomic E-state index is -0.202. The van der Waals surface area contributed by atoms with Gasteiger partial charge in [0.1, 0.15) is 0 Å². The molecule has 19 heavy (non-hydrogen) atoms. The van der Waals surface area contributed by atoms with Crippen LogP contribution < -0.4 is 11.1 Å². The Kier molecular flexibility index (Phi) is 7.39. The maximum atomic E-state index is 11.5. The average Bonchev–Trinajstić information content (AvgIpc) is 3.20. The molecule has 0 radical (unpaired) electrons. The average molecular weight is 269 g/mol. The van der Waals surface area contributed by atoms with E-state index >= 15 is 0 Å². The van der Waals surface area contributed by atoms with Gasteiger partial charge >= 0.3 is 0 Å². The molecule has 4 heteroatoms. The summed E-state index contributed by atoms with van der Waals surface area (Å²) in [7, 11) is 0. The molecule has 1 fully saturated rings. The summed E-state index contributed by atoms with van der Waals surface area (Å²) in [6, 6.07) is 0.965. The van der Waals surface area contributed by atoms with E-state index < -0.39 is 0 Å². The van der Waals surface area contributed by atoms with Crippen LogP contribution in [-0.2, 0) is 4.79 Å². The number of rotatable bonds is 11. The van der Waals surface area contributed by atoms with Gasteiger partial charge in [0.15, 0.2) is 0 Å². The van der Waals surface area contributed by atoms with Crippen LogP contribution in [0.5, 0.6) is 0 Å². The molecule has 0 aromatic carbocycles. The Labute approximate surface area is 118 Å². The van der Waals surface area contributed by atoms with Gasteiger partial charge in [-0.2, -0.15) is 0 Å². The number of unbranched alkanes of at least 4 members (excludes halogenated alkanes) is 1. The summed E-state index contributed by atoms with van der Waals surface area (Å²) < 4.78 is 0. The Morgan fingerprint density at radius 1 is 1.37 bits per heavy atom. The van der Waals surface area contributed by atoms with Gasteiger partial charge in [0.05, 0.1) is 6.04 Å². The molecule has 3 N–H and O–H groups in total. The lowest BCUT2D eigenvalue weighted by molar-refractivity contribution is -0.120. The van der Waals surface area contributed by atoms with Gasteiger partial charge < -0.3 is 16.0 Å². The van der Waals surface area contributed by atoms with Gasteiger partial charge in [-0.05, 0) is 45.6 Å². The van der Waals surface area contributed by atoms with Crippen LogP contribution >= 0.6 is 0 Å². The molecule has 1 aliphatic carbocycles. The second-order valence-electron chi connectivity index (χ2n) is 5.83. The molecule has 0 bridgehead atoms. The molecule has 0 aromatic heterocycles. The highest BCUT2D eigenvalue weighted by Gasteiger charge is 2.27. The zero-order valence-corrected chi connectivity index (χ0v) is 12.8. The summed E-state index contributed by atoms with van der Waals surface area (Å²) >= 11 is 0. The topological polar surface area (TPSA) is 58.4 Å². The fraction of sp³-hybridized carbons (Fsp3) is 0.933. The van der Waals surface area contributed by atoms with E-state index in [1.807, 2.05) is 0 Å². The van der Waals surface area contributed by atoms with Crippen molar-refractivity contribution in [2.75, 3.05) is 13.1 Å². The van der Waals surface area contributed by atoms with E-state index in [2.05, 4.69) is 31.0 Å². The van der Waals surface area contributed by atoms with E-state index in [1.165, 1.54) is 25.7 Å². The first-order chi connectivity index (χ1) is 9.08. The Hall–Kier alpha value is -0.610. The zero-order chi connectivity index (χ0) is 14.3. The smallest absolute Gasteiger partial charge is 0.234 e. The van der Waals surface area contributed by atoms with Crippen LogP contribution in [0, 0.1) is 0 Å². The van der Waals surface area contributed by atoms with Gasteiger partial charge in [0.2, 0.25) is 5.91 Å². The van der Waals surface area contributed by atoms with Gasteiger partial charge in [0.25, 0.3) is 0 Å². The van der Waals surface area contributed by atoms with E-state index in [4.69, 9.17) is 5.73 Å². The van der Waals surface area contributed by atoms with Crippen molar-refractivity contribution in [3.63, 3.8) is 0 Å². The number of carbonyl (C=O) groups excluding carboxylic acids is 1. The number of nitrogens with one attached hydrogen (secondary N) is 1. The van der Waals surface area contributed by atoms with Crippen LogP contribution in [0.25, 0.3) is 0 Å². The molecule has 0 spiro atoms. The van der Waals surface area contributed by atoms with Crippen LogP contribution in [0.15, 0.2) is 0 Å². The molecule has 1 rings (SSSR count). The minimum Gasteiger partial charge on any atom is -0.368 e. The Morgan fingerprint density at radius 2 is 2.05 bits per heavy atom. The van der Waals surface area contributed by atoms with E-state index in [9.17, 15) is 4.79 Å². The lowest BCUT2D eigenvalue weighted by atomic mass is 10.1. The number of hydrogen-bond acceptors (Lipinski definition) is 3. The highest BCUT2D eigenvalue weighted by molar-refractivity contribution is 5.79. The predicted octanol–water partition coefficient (Wildman–Crippen LogP) is 1.88. The summed E-state index contributed by atoms with van der Waals surface area (Å²) in [5.41, 5.74) is 5.49.